The Morgan fingerprint density at radius 3 is 2.62 bits per heavy atom. The van der Waals surface area contributed by atoms with E-state index in [-0.39, 0.29) is 23.3 Å². The van der Waals surface area contributed by atoms with E-state index in [2.05, 4.69) is 4.99 Å². The van der Waals surface area contributed by atoms with Crippen LogP contribution in [0.15, 0.2) is 80.1 Å². The molecule has 2 aromatic heterocycles. The summed E-state index contributed by atoms with van der Waals surface area (Å²) in [4.78, 5) is 43.5. The molecule has 0 saturated carbocycles. The molecular weight excluding hydrogens is 532 g/mol. The summed E-state index contributed by atoms with van der Waals surface area (Å²) in [5.41, 5.74) is 2.41. The van der Waals surface area contributed by atoms with Crippen molar-refractivity contribution in [3.8, 4) is 17.1 Å². The number of aromatic carboxylic acids is 1. The van der Waals surface area contributed by atoms with Crippen LogP contribution in [0.5, 0.6) is 5.75 Å². The fourth-order valence-corrected chi connectivity index (χ4v) is 5.84. The van der Waals surface area contributed by atoms with Crippen molar-refractivity contribution in [3.63, 3.8) is 0 Å². The van der Waals surface area contributed by atoms with Crippen molar-refractivity contribution < 1.29 is 28.6 Å². The second kappa shape index (κ2) is 10.8. The van der Waals surface area contributed by atoms with Crippen molar-refractivity contribution in [2.45, 2.75) is 26.8 Å². The SMILES string of the molecule is CCOC(=O)C1=C(C)N=c2s/c(=C\c3ccc(-c4cccc(C(=O)O)c4C)o3)c(=O)n2[C@@H]1c1ccccc1OC. The van der Waals surface area contributed by atoms with Crippen LogP contribution in [0, 0.1) is 6.92 Å². The Morgan fingerprint density at radius 1 is 1.12 bits per heavy atom. The second-order valence-corrected chi connectivity index (χ2v) is 10.0. The first-order chi connectivity index (χ1) is 19.2. The Hall–Kier alpha value is -4.70. The van der Waals surface area contributed by atoms with E-state index in [9.17, 15) is 19.5 Å². The lowest BCUT2D eigenvalue weighted by molar-refractivity contribution is -0.139. The predicted octanol–water partition coefficient (Wildman–Crippen LogP) is 4.07. The third-order valence-electron chi connectivity index (χ3n) is 6.68. The van der Waals surface area contributed by atoms with Crippen LogP contribution in [0.3, 0.4) is 0 Å². The summed E-state index contributed by atoms with van der Waals surface area (Å²) in [5.74, 6) is -0.159. The van der Waals surface area contributed by atoms with Crippen LogP contribution in [0.25, 0.3) is 17.4 Å². The van der Waals surface area contributed by atoms with E-state index in [0.29, 0.717) is 49.0 Å². The standard InChI is InChI=1S/C30H26N2O7S/c1-5-38-29(36)25-17(3)31-30-32(26(25)21-9-6-7-12-22(21)37-4)27(33)24(40-30)15-18-13-14-23(39-18)19-10-8-11-20(16(19)2)28(34)35/h6-15,26H,5H2,1-4H3,(H,34,35)/b24-15-/t26-/m1/s1. The van der Waals surface area contributed by atoms with Crippen LogP contribution < -0.4 is 19.6 Å². The zero-order chi connectivity index (χ0) is 28.6. The molecule has 0 amide bonds. The Labute approximate surface area is 232 Å². The number of carboxylic acids is 1. The fourth-order valence-electron chi connectivity index (χ4n) is 4.82. The Balaban J connectivity index is 1.65. The molecule has 1 aliphatic heterocycles. The number of carbonyl (C=O) groups is 2. The Bertz CT molecular complexity index is 1860. The van der Waals surface area contributed by atoms with Gasteiger partial charge in [-0.2, -0.15) is 0 Å². The van der Waals surface area contributed by atoms with E-state index >= 15 is 0 Å². The molecular formula is C30H26N2O7S. The maximum Gasteiger partial charge on any atom is 0.338 e. The molecule has 40 heavy (non-hydrogen) atoms. The normalized spacial score (nSPS) is 15.0. The fraction of sp³-hybridized carbons (Fsp3) is 0.200. The van der Waals surface area contributed by atoms with Gasteiger partial charge < -0.3 is 19.0 Å². The smallest absolute Gasteiger partial charge is 0.338 e. The minimum atomic E-state index is -1.02. The van der Waals surface area contributed by atoms with E-state index in [0.717, 1.165) is 0 Å². The number of hydrogen-bond donors (Lipinski definition) is 1. The minimum Gasteiger partial charge on any atom is -0.496 e. The number of allylic oxidation sites excluding steroid dienone is 1. The lowest BCUT2D eigenvalue weighted by Gasteiger charge is -2.25. The molecule has 0 aliphatic carbocycles. The third kappa shape index (κ3) is 4.66. The van der Waals surface area contributed by atoms with Crippen molar-refractivity contribution in [2.75, 3.05) is 13.7 Å². The van der Waals surface area contributed by atoms with Crippen LogP contribution in [0.4, 0.5) is 0 Å². The average molecular weight is 559 g/mol. The largest absolute Gasteiger partial charge is 0.496 e. The highest BCUT2D eigenvalue weighted by atomic mass is 32.1. The van der Waals surface area contributed by atoms with Crippen LogP contribution in [0.2, 0.25) is 0 Å². The number of methoxy groups -OCH3 is 1. The quantitative estimate of drug-likeness (QED) is 0.340. The molecule has 1 aliphatic rings. The first-order valence-electron chi connectivity index (χ1n) is 12.5. The maximum absolute atomic E-state index is 13.8. The number of hydrogen-bond acceptors (Lipinski definition) is 8. The van der Waals surface area contributed by atoms with Gasteiger partial charge in [-0.05, 0) is 50.6 Å². The topological polar surface area (TPSA) is 120 Å². The number of fused-ring (bicyclic) bond motifs is 1. The van der Waals surface area contributed by atoms with Gasteiger partial charge in [0.25, 0.3) is 5.56 Å². The number of rotatable bonds is 7. The van der Waals surface area contributed by atoms with Crippen molar-refractivity contribution in [3.05, 3.63) is 108 Å². The number of aromatic nitrogens is 1. The molecule has 0 fully saturated rings. The van der Waals surface area contributed by atoms with Gasteiger partial charge in [0, 0.05) is 17.2 Å². The first kappa shape index (κ1) is 26.9. The highest BCUT2D eigenvalue weighted by molar-refractivity contribution is 7.07. The number of ether oxygens (including phenoxy) is 2. The number of carbonyl (C=O) groups excluding carboxylic acids is 1. The van der Waals surface area contributed by atoms with Crippen LogP contribution in [-0.4, -0.2) is 35.3 Å². The molecule has 1 N–H and O–H groups in total. The monoisotopic (exact) mass is 558 g/mol. The number of carboxylic acid groups (broad SMARTS) is 1. The Kier molecular flexibility index (Phi) is 7.27. The number of para-hydroxylation sites is 1. The van der Waals surface area contributed by atoms with Gasteiger partial charge in [0.15, 0.2) is 4.80 Å². The molecule has 2 aromatic carbocycles. The minimum absolute atomic E-state index is 0.175. The molecule has 5 rings (SSSR count). The number of esters is 1. The summed E-state index contributed by atoms with van der Waals surface area (Å²) in [6, 6.07) is 14.8. The number of benzene rings is 2. The van der Waals surface area contributed by atoms with Crippen molar-refractivity contribution in [2.24, 2.45) is 4.99 Å². The average Bonchev–Trinajstić information content (AvgIpc) is 3.52. The summed E-state index contributed by atoms with van der Waals surface area (Å²) in [5, 5.41) is 9.46. The van der Waals surface area contributed by atoms with Crippen molar-refractivity contribution in [1.29, 1.82) is 0 Å². The van der Waals surface area contributed by atoms with Crippen LogP contribution in [-0.2, 0) is 9.53 Å². The van der Waals surface area contributed by atoms with E-state index in [1.54, 1.807) is 57.2 Å². The molecule has 0 radical (unpaired) electrons. The van der Waals surface area contributed by atoms with Crippen LogP contribution >= 0.6 is 11.3 Å². The molecule has 3 heterocycles. The molecule has 0 unspecified atom stereocenters. The zero-order valence-electron chi connectivity index (χ0n) is 22.3. The van der Waals surface area contributed by atoms with Crippen LogP contribution in [0.1, 0.15) is 47.1 Å². The number of furan rings is 1. The van der Waals surface area contributed by atoms with Gasteiger partial charge in [-0.25, -0.2) is 14.6 Å². The van der Waals surface area contributed by atoms with E-state index in [1.807, 2.05) is 18.2 Å². The predicted molar refractivity (Wildman–Crippen MR) is 149 cm³/mol. The van der Waals surface area contributed by atoms with Gasteiger partial charge in [-0.3, -0.25) is 9.36 Å². The van der Waals surface area contributed by atoms with Crippen molar-refractivity contribution >= 4 is 29.4 Å². The number of nitrogens with zero attached hydrogens (tertiary/aromatic N) is 2. The third-order valence-corrected chi connectivity index (χ3v) is 7.66. The van der Waals surface area contributed by atoms with Crippen molar-refractivity contribution in [1.82, 2.24) is 4.57 Å². The summed E-state index contributed by atoms with van der Waals surface area (Å²) < 4.78 is 18.8. The molecule has 9 nitrogen and oxygen atoms in total. The lowest BCUT2D eigenvalue weighted by Crippen LogP contribution is -2.40. The highest BCUT2D eigenvalue weighted by Gasteiger charge is 2.35. The van der Waals surface area contributed by atoms with Gasteiger partial charge in [0.05, 0.1) is 35.1 Å². The molecule has 10 heteroatoms. The molecule has 1 atom stereocenters. The van der Waals surface area contributed by atoms with Gasteiger partial charge in [0.1, 0.15) is 23.3 Å². The van der Waals surface area contributed by atoms with E-state index < -0.39 is 18.0 Å². The van der Waals surface area contributed by atoms with Gasteiger partial charge in [-0.15, -0.1) is 0 Å². The summed E-state index contributed by atoms with van der Waals surface area (Å²) >= 11 is 1.18. The first-order valence-corrected chi connectivity index (χ1v) is 13.3. The van der Waals surface area contributed by atoms with E-state index in [4.69, 9.17) is 13.9 Å². The molecule has 0 bridgehead atoms. The summed E-state index contributed by atoms with van der Waals surface area (Å²) in [7, 11) is 1.53. The van der Waals surface area contributed by atoms with Gasteiger partial charge >= 0.3 is 11.9 Å². The summed E-state index contributed by atoms with van der Waals surface area (Å²) in [6.07, 6.45) is 1.62. The molecule has 4 aromatic rings. The highest BCUT2D eigenvalue weighted by Crippen LogP contribution is 2.35. The Morgan fingerprint density at radius 2 is 1.90 bits per heavy atom. The number of thiazole rings is 1. The van der Waals surface area contributed by atoms with Gasteiger partial charge in [0.2, 0.25) is 0 Å². The van der Waals surface area contributed by atoms with E-state index in [1.165, 1.54) is 29.1 Å². The second-order valence-electron chi connectivity index (χ2n) is 9.03. The van der Waals surface area contributed by atoms with Gasteiger partial charge in [-0.1, -0.05) is 41.7 Å². The molecule has 204 valence electrons. The maximum atomic E-state index is 13.8. The zero-order valence-corrected chi connectivity index (χ0v) is 23.1. The molecule has 0 saturated heterocycles. The summed E-state index contributed by atoms with van der Waals surface area (Å²) in [6.45, 7) is 5.34. The lowest BCUT2D eigenvalue weighted by atomic mass is 9.95. The molecule has 0 spiro atoms.